The maximum absolute atomic E-state index is 15.0. The van der Waals surface area contributed by atoms with Gasteiger partial charge in [-0.25, -0.2) is 19.1 Å². The van der Waals surface area contributed by atoms with Gasteiger partial charge in [-0.3, -0.25) is 15.3 Å². The number of carbonyl (C=O) groups is 2. The van der Waals surface area contributed by atoms with E-state index in [1.807, 2.05) is 0 Å². The molecule has 0 aromatic heterocycles. The van der Waals surface area contributed by atoms with E-state index in [2.05, 4.69) is 5.32 Å². The number of nitrogens with one attached hydrogen (secondary N) is 2. The summed E-state index contributed by atoms with van der Waals surface area (Å²) in [6.45, 7) is 7.35. The number of anilines is 1. The number of rotatable bonds is 25. The smallest absolute Gasteiger partial charge is 0.460 e. The molecule has 0 unspecified atom stereocenters. The van der Waals surface area contributed by atoms with Gasteiger partial charge >= 0.3 is 53.7 Å². The number of alkyl halides is 17. The zero-order valence-electron chi connectivity index (χ0n) is 37.5. The molecule has 0 aliphatic rings. The van der Waals surface area contributed by atoms with Crippen molar-refractivity contribution < 1.29 is 112 Å². The Balaban J connectivity index is 2.31. The molecule has 2 amide bonds. The fourth-order valence-corrected chi connectivity index (χ4v) is 11.4. The average Bonchev–Trinajstić information content (AvgIpc) is 3.24. The first-order valence-corrected chi connectivity index (χ1v) is 22.8. The fourth-order valence-electron chi connectivity index (χ4n) is 6.93. The van der Waals surface area contributed by atoms with Crippen molar-refractivity contribution in [2.45, 2.75) is 132 Å². The molecule has 2 aromatic carbocycles. The molecule has 0 bridgehead atoms. The third-order valence-corrected chi connectivity index (χ3v) is 16.7. The summed E-state index contributed by atoms with van der Waals surface area (Å²) < 4.78 is 281. The lowest BCUT2D eigenvalue weighted by Gasteiger charge is -2.44. The van der Waals surface area contributed by atoms with Crippen molar-refractivity contribution in [2.24, 2.45) is 5.92 Å². The van der Waals surface area contributed by atoms with Gasteiger partial charge in [-0.1, -0.05) is 58.9 Å². The largest absolute Gasteiger partial charge is 0.491 e. The summed E-state index contributed by atoms with van der Waals surface area (Å²) >= 11 is 0. The Bertz CT molecular complexity index is 2130. The van der Waals surface area contributed by atoms with Gasteiger partial charge in [0.2, 0.25) is 0 Å². The minimum atomic E-state index is -8.72. The highest BCUT2D eigenvalue weighted by Gasteiger charge is 2.95. The molecule has 3 N–H and O–H groups in total. The predicted molar refractivity (Wildman–Crippen MR) is 214 cm³/mol. The number of halogens is 19. The van der Waals surface area contributed by atoms with Crippen LogP contribution in [0.4, 0.5) is 93.9 Å². The third-order valence-electron chi connectivity index (χ3n) is 11.1. The summed E-state index contributed by atoms with van der Waals surface area (Å²) in [6.07, 6.45) is -7.66. The Morgan fingerprint density at radius 3 is 1.71 bits per heavy atom. The van der Waals surface area contributed by atoms with Crippen molar-refractivity contribution in [1.82, 2.24) is 5.48 Å². The predicted octanol–water partition coefficient (Wildman–Crippen LogP) is 14.2. The minimum absolute atomic E-state index is 0.0553. The summed E-state index contributed by atoms with van der Waals surface area (Å²) in [5, 5.41) is 10.8. The van der Waals surface area contributed by atoms with E-state index >= 15 is 8.78 Å². The Morgan fingerprint density at radius 1 is 0.714 bits per heavy atom. The van der Waals surface area contributed by atoms with Crippen LogP contribution in [-0.2, 0) is 14.0 Å². The lowest BCUT2D eigenvalue weighted by Crippen LogP contribution is -2.74. The van der Waals surface area contributed by atoms with Crippen LogP contribution < -0.4 is 15.5 Å². The van der Waals surface area contributed by atoms with E-state index in [1.165, 1.54) is 57.4 Å². The van der Waals surface area contributed by atoms with Gasteiger partial charge in [0.05, 0.1) is 12.3 Å². The lowest BCUT2D eigenvalue weighted by molar-refractivity contribution is -0.461. The molecule has 0 aliphatic heterocycles. The van der Waals surface area contributed by atoms with E-state index < -0.39 is 134 Å². The van der Waals surface area contributed by atoms with Gasteiger partial charge < -0.3 is 13.9 Å². The van der Waals surface area contributed by atoms with Crippen molar-refractivity contribution in [2.75, 3.05) is 18.5 Å². The van der Waals surface area contributed by atoms with E-state index in [4.69, 9.17) is 19.1 Å². The number of hydroxylamine groups is 1. The summed E-state index contributed by atoms with van der Waals surface area (Å²) in [5.74, 6) is -60.3. The van der Waals surface area contributed by atoms with Crippen molar-refractivity contribution in [3.63, 3.8) is 0 Å². The van der Waals surface area contributed by atoms with Crippen LogP contribution in [-0.4, -0.2) is 86.4 Å². The summed E-state index contributed by atoms with van der Waals surface area (Å²) in [7, 11) is -4.06. The fraction of sp³-hybridized carbons (Fsp3) is 0.571. The van der Waals surface area contributed by atoms with E-state index in [1.54, 1.807) is 26.0 Å². The highest BCUT2D eigenvalue weighted by atomic mass is 28.4. The van der Waals surface area contributed by atoms with Gasteiger partial charge in [-0.05, 0) is 78.2 Å². The molecule has 70 heavy (non-hydrogen) atoms. The standard InChI is InChI=1S/C42H47F19N2O6Si/c1-23(2)70(24(3)4,20-17-35(45,46)36(47,48)37(49,50)38(51,52)39(53,54)40(55,56)41(57,58)42(59,60)61)68-19-18-67-29-14-11-27(12-15-29)33(26(6)10-8-7-9-25(5)21-32(64)63-66)69-34(65)62-31-16-13-28(43)22-30(31)44/h7,9,11-16,21-24,26,33,66H,8,10,17-20H2,1-6H3,(H,62,65)(H,63,64)/b9-7+,25-21+/t26-,33-/m0/s1. The number of carbonyl (C=O) groups excluding carboxylic acids is 2. The van der Waals surface area contributed by atoms with Crippen LogP contribution in [0.3, 0.4) is 0 Å². The van der Waals surface area contributed by atoms with Crippen LogP contribution in [0.2, 0.25) is 17.1 Å². The van der Waals surface area contributed by atoms with Crippen LogP contribution in [0.5, 0.6) is 5.75 Å². The van der Waals surface area contributed by atoms with Crippen LogP contribution in [0.15, 0.2) is 66.3 Å². The SMILES string of the molecule is CC(/C=C/CC[C@H](C)[C@H](OC(=O)Nc1ccc(F)cc1F)c1ccc(OCCO[Si](CCC(F)(F)C(F)(F)C(F)(F)C(F)(F)C(F)(F)C(F)(F)C(F)(F)C(F)(F)F)(C(C)C)C(C)C)cc1)=C\C(=O)NO. The molecule has 398 valence electrons. The van der Waals surface area contributed by atoms with Crippen LogP contribution in [0.25, 0.3) is 0 Å². The van der Waals surface area contributed by atoms with E-state index in [0.717, 1.165) is 18.2 Å². The van der Waals surface area contributed by atoms with E-state index in [0.29, 0.717) is 30.0 Å². The Kier molecular flexibility index (Phi) is 20.0. The summed E-state index contributed by atoms with van der Waals surface area (Å²) in [4.78, 5) is 24.3. The van der Waals surface area contributed by atoms with Crippen LogP contribution in [0.1, 0.15) is 72.5 Å². The Labute approximate surface area is 388 Å². The van der Waals surface area contributed by atoms with Crippen molar-refractivity contribution in [3.8, 4) is 5.75 Å². The molecule has 0 saturated heterocycles. The molecule has 2 atom stereocenters. The summed E-state index contributed by atoms with van der Waals surface area (Å²) in [5.41, 5.74) is -0.0437. The molecular formula is C42H47F19N2O6Si. The zero-order valence-corrected chi connectivity index (χ0v) is 38.5. The molecule has 2 aromatic rings. The van der Waals surface area contributed by atoms with Gasteiger partial charge in [-0.15, -0.1) is 0 Å². The first kappa shape index (κ1) is 61.4. The Hall–Kier alpha value is -4.73. The second-order valence-corrected chi connectivity index (χ2v) is 21.6. The molecule has 0 spiro atoms. The topological polar surface area (TPSA) is 106 Å². The average molecular weight is 1060 g/mol. The highest BCUT2D eigenvalue weighted by molar-refractivity contribution is 6.76. The molecule has 0 saturated carbocycles. The van der Waals surface area contributed by atoms with Crippen molar-refractivity contribution in [3.05, 3.63) is 83.5 Å². The number of benzene rings is 2. The molecule has 2 rings (SSSR count). The van der Waals surface area contributed by atoms with Gasteiger partial charge in [-0.2, -0.15) is 74.6 Å². The van der Waals surface area contributed by atoms with Crippen LogP contribution in [0, 0.1) is 17.6 Å². The normalized spacial score (nSPS) is 15.1. The monoisotopic (exact) mass is 1060 g/mol. The molecule has 0 aliphatic carbocycles. The quantitative estimate of drug-likeness (QED) is 0.0174. The van der Waals surface area contributed by atoms with Crippen molar-refractivity contribution in [1.29, 1.82) is 0 Å². The minimum Gasteiger partial charge on any atom is -0.491 e. The highest BCUT2D eigenvalue weighted by Crippen LogP contribution is 2.64. The second-order valence-electron chi connectivity index (χ2n) is 16.6. The molecule has 8 nitrogen and oxygen atoms in total. The third kappa shape index (κ3) is 13.0. The van der Waals surface area contributed by atoms with Gasteiger partial charge in [0.25, 0.3) is 5.91 Å². The first-order chi connectivity index (χ1) is 31.7. The first-order valence-electron chi connectivity index (χ1n) is 20.5. The van der Waals surface area contributed by atoms with Crippen LogP contribution >= 0.6 is 0 Å². The zero-order chi connectivity index (χ0) is 54.3. The molecule has 28 heteroatoms. The lowest BCUT2D eigenvalue weighted by atomic mass is 9.88. The maximum Gasteiger partial charge on any atom is 0.460 e. The van der Waals surface area contributed by atoms with Gasteiger partial charge in [0, 0.05) is 18.6 Å². The molecule has 0 fully saturated rings. The van der Waals surface area contributed by atoms with Crippen molar-refractivity contribution >= 4 is 26.0 Å². The number of allylic oxidation sites excluding steroid dienone is 3. The number of hydrogen-bond donors (Lipinski definition) is 3. The van der Waals surface area contributed by atoms with Gasteiger partial charge in [0.1, 0.15) is 30.1 Å². The molecule has 0 radical (unpaired) electrons. The number of amides is 2. The Morgan fingerprint density at radius 2 is 1.23 bits per heavy atom. The number of ether oxygens (including phenoxy) is 2. The van der Waals surface area contributed by atoms with E-state index in [9.17, 15) is 84.2 Å². The molecule has 0 heterocycles. The van der Waals surface area contributed by atoms with E-state index in [-0.39, 0.29) is 5.75 Å². The summed E-state index contributed by atoms with van der Waals surface area (Å²) in [6, 6.07) is 6.48. The van der Waals surface area contributed by atoms with Gasteiger partial charge in [0.15, 0.2) is 8.32 Å². The number of hydrogen-bond acceptors (Lipinski definition) is 6. The maximum atomic E-state index is 15.0. The second kappa shape index (κ2) is 22.8. The molecular weight excluding hydrogens is 1020 g/mol.